The first kappa shape index (κ1) is 42.8. The van der Waals surface area contributed by atoms with Crippen molar-refractivity contribution in [3.05, 3.63) is 78.9 Å². The fourth-order valence-electron chi connectivity index (χ4n) is 10.4. The number of benzene rings is 7. The van der Waals surface area contributed by atoms with Crippen LogP contribution in [0.4, 0.5) is 0 Å². The molecule has 0 aliphatic heterocycles. The highest BCUT2D eigenvalue weighted by atomic mass is 32.1. The van der Waals surface area contributed by atoms with Crippen LogP contribution in [0, 0.1) is 0 Å². The summed E-state index contributed by atoms with van der Waals surface area (Å²) in [5.41, 5.74) is 26.4. The van der Waals surface area contributed by atoms with Crippen LogP contribution in [0.3, 0.4) is 0 Å². The van der Waals surface area contributed by atoms with Crippen LogP contribution >= 0.6 is 22.7 Å². The summed E-state index contributed by atoms with van der Waals surface area (Å²) in [6.07, 6.45) is 0. The molecule has 0 bridgehead atoms. The minimum absolute atomic E-state index is 0.680. The summed E-state index contributed by atoms with van der Waals surface area (Å²) in [6, 6.07) is 28.2. The fourth-order valence-corrected chi connectivity index (χ4v) is 13.4. The molecule has 19 heteroatoms. The molecule has 10 rings (SSSR count). The summed E-state index contributed by atoms with van der Waals surface area (Å²) in [6.45, 7) is 0. The van der Waals surface area contributed by atoms with Gasteiger partial charge in [-0.3, -0.25) is 0 Å². The number of nitrogens with zero attached hydrogens (tertiary/aromatic N) is 3. The van der Waals surface area contributed by atoms with E-state index in [-0.39, 0.29) is 0 Å². The first-order valence-corrected chi connectivity index (χ1v) is 24.1. The Hall–Kier alpha value is -5.10. The lowest BCUT2D eigenvalue weighted by Gasteiger charge is -2.19. The van der Waals surface area contributed by atoms with Gasteiger partial charge in [0.15, 0.2) is 17.5 Å². The number of hydrogen-bond acceptors (Lipinski definition) is 5. The van der Waals surface area contributed by atoms with Crippen molar-refractivity contribution >= 4 is 249 Å². The fraction of sp³-hybridized carbons (Fsp3) is 0. The number of aromatic nitrogens is 3. The van der Waals surface area contributed by atoms with Crippen LogP contribution in [0.5, 0.6) is 0 Å². The molecule has 0 saturated carbocycles. The summed E-state index contributed by atoms with van der Waals surface area (Å²) in [5.74, 6) is 2.13. The Balaban J connectivity index is 1.26. The van der Waals surface area contributed by atoms with Gasteiger partial charge in [0.2, 0.25) is 0 Å². The van der Waals surface area contributed by atoms with Gasteiger partial charge >= 0.3 is 0 Å². The van der Waals surface area contributed by atoms with E-state index in [2.05, 4.69) is 189 Å². The SMILES string of the molecule is Bc1c(B)c(B)c2c(sc3c(B)c(-c4nc(-c5cccc(-c6ccc(-c7ccccc7)cc6)c5)nc(-c5c(B)c(B)c(B)c6c5sc5c(B)c(B)c(B)c(B)c56)n4)c(B)c(B)c32)c1B. The Bertz CT molecular complexity index is 3670. The summed E-state index contributed by atoms with van der Waals surface area (Å²) < 4.78 is 5.32. The Morgan fingerprint density at radius 1 is 0.266 bits per heavy atom. The minimum atomic E-state index is 0.680. The molecule has 64 heavy (non-hydrogen) atoms. The molecule has 0 saturated heterocycles. The van der Waals surface area contributed by atoms with Gasteiger partial charge in [0.1, 0.15) is 110 Å². The third kappa shape index (κ3) is 6.38. The van der Waals surface area contributed by atoms with Crippen molar-refractivity contribution in [2.24, 2.45) is 0 Å². The quantitative estimate of drug-likeness (QED) is 0.162. The van der Waals surface area contributed by atoms with Crippen molar-refractivity contribution in [2.75, 3.05) is 0 Å². The highest BCUT2D eigenvalue weighted by Gasteiger charge is 2.26. The predicted octanol–water partition coefficient (Wildman–Crippen LogP) is -11.4. The standard InChI is InChI=1S/C45H41B14N3S2/c46-25-21-22-28(49)34(55)36(57)38(59)42(22)64-40(21)31(52)23(29(25)50)44-60-43(18-8-4-7-17(13-18)16-11-9-15(10-12-16)14-5-2-1-3-6-14)61-45(62-44)24-30(51)32(53)26(47)19-20-27(48)33(54)35(56)37(58)41(20)63-39(19)24/h1-13H,46-59H2. The summed E-state index contributed by atoms with van der Waals surface area (Å²) >= 11 is 3.84. The molecule has 3 heterocycles. The normalized spacial score (nSPS) is 11.7. The van der Waals surface area contributed by atoms with Crippen LogP contribution in [0.15, 0.2) is 78.9 Å². The maximum absolute atomic E-state index is 5.63. The molecule has 0 unspecified atom stereocenters. The van der Waals surface area contributed by atoms with Crippen molar-refractivity contribution in [3.8, 4) is 56.4 Å². The molecular formula is C45H41B14N3S2. The third-order valence-electron chi connectivity index (χ3n) is 15.3. The highest BCUT2D eigenvalue weighted by Crippen LogP contribution is 2.37. The van der Waals surface area contributed by atoms with E-state index in [1.807, 2.05) is 22.7 Å². The molecule has 290 valence electrons. The van der Waals surface area contributed by atoms with Gasteiger partial charge in [-0.1, -0.05) is 127 Å². The van der Waals surface area contributed by atoms with Gasteiger partial charge in [0, 0.05) is 35.5 Å². The van der Waals surface area contributed by atoms with Crippen molar-refractivity contribution in [3.63, 3.8) is 0 Å². The second-order valence-corrected chi connectivity index (χ2v) is 20.4. The molecule has 0 spiro atoms. The average molecular weight is 839 g/mol. The number of rotatable bonds is 5. The minimum Gasteiger partial charge on any atom is -0.208 e. The molecule has 0 atom stereocenters. The van der Waals surface area contributed by atoms with E-state index < -0.39 is 0 Å². The Labute approximate surface area is 397 Å². The monoisotopic (exact) mass is 841 g/mol. The number of hydrogen-bond donors (Lipinski definition) is 0. The molecule has 10 aromatic rings. The van der Waals surface area contributed by atoms with E-state index in [1.54, 1.807) is 0 Å². The molecule has 7 aromatic carbocycles. The molecule has 0 fully saturated rings. The van der Waals surface area contributed by atoms with Crippen LogP contribution in [0.25, 0.3) is 96.8 Å². The second kappa shape index (κ2) is 15.8. The highest BCUT2D eigenvalue weighted by molar-refractivity contribution is 7.29. The second-order valence-electron chi connectivity index (χ2n) is 18.4. The van der Waals surface area contributed by atoms with E-state index in [0.717, 1.165) is 39.5 Å². The molecular weight excluding hydrogens is 798 g/mol. The van der Waals surface area contributed by atoms with Gasteiger partial charge < -0.3 is 0 Å². The van der Waals surface area contributed by atoms with E-state index >= 15 is 0 Å². The molecule has 0 amide bonds. The molecule has 0 radical (unpaired) electrons. The van der Waals surface area contributed by atoms with Crippen molar-refractivity contribution in [2.45, 2.75) is 0 Å². The van der Waals surface area contributed by atoms with Gasteiger partial charge in [-0.2, -0.15) is 0 Å². The Morgan fingerprint density at radius 2 is 0.625 bits per heavy atom. The zero-order chi connectivity index (χ0) is 45.2. The van der Waals surface area contributed by atoms with E-state index in [1.165, 1.54) is 128 Å². The summed E-state index contributed by atoms with van der Waals surface area (Å²) in [4.78, 5) is 16.7. The van der Waals surface area contributed by atoms with Crippen molar-refractivity contribution in [1.29, 1.82) is 0 Å². The summed E-state index contributed by atoms with van der Waals surface area (Å²) in [5, 5.41) is 5.47. The van der Waals surface area contributed by atoms with Crippen LogP contribution < -0.4 is 76.5 Å². The van der Waals surface area contributed by atoms with E-state index in [4.69, 9.17) is 15.0 Å². The van der Waals surface area contributed by atoms with Gasteiger partial charge in [-0.25, -0.2) is 15.0 Å². The van der Waals surface area contributed by atoms with Crippen LogP contribution in [0.2, 0.25) is 0 Å². The smallest absolute Gasteiger partial charge is 0.164 e. The largest absolute Gasteiger partial charge is 0.208 e. The first-order chi connectivity index (χ1) is 30.6. The lowest BCUT2D eigenvalue weighted by atomic mass is 9.64. The van der Waals surface area contributed by atoms with Crippen molar-refractivity contribution in [1.82, 2.24) is 15.0 Å². The van der Waals surface area contributed by atoms with Gasteiger partial charge in [-0.15, -0.1) is 44.5 Å². The maximum atomic E-state index is 5.63. The van der Waals surface area contributed by atoms with E-state index in [0.29, 0.717) is 5.82 Å². The third-order valence-corrected chi connectivity index (χ3v) is 18.0. The summed E-state index contributed by atoms with van der Waals surface area (Å²) in [7, 11) is 32.0. The van der Waals surface area contributed by atoms with Crippen LogP contribution in [-0.2, 0) is 0 Å². The molecule has 3 aromatic heterocycles. The number of thiophene rings is 2. The Kier molecular flexibility index (Phi) is 10.6. The molecule has 0 N–H and O–H groups in total. The van der Waals surface area contributed by atoms with E-state index in [9.17, 15) is 0 Å². The maximum Gasteiger partial charge on any atom is 0.164 e. The zero-order valence-corrected chi connectivity index (χ0v) is 41.3. The number of fused-ring (bicyclic) bond motifs is 6. The Morgan fingerprint density at radius 3 is 1.19 bits per heavy atom. The first-order valence-electron chi connectivity index (χ1n) is 22.5. The van der Waals surface area contributed by atoms with Crippen molar-refractivity contribution < 1.29 is 0 Å². The predicted molar refractivity (Wildman–Crippen MR) is 327 cm³/mol. The molecule has 3 nitrogen and oxygen atoms in total. The lowest BCUT2D eigenvalue weighted by molar-refractivity contribution is 1.08. The topological polar surface area (TPSA) is 38.7 Å². The van der Waals surface area contributed by atoms with Gasteiger partial charge in [0.05, 0.1) is 0 Å². The van der Waals surface area contributed by atoms with Gasteiger partial charge in [0.25, 0.3) is 0 Å². The van der Waals surface area contributed by atoms with Crippen LogP contribution in [0.1, 0.15) is 0 Å². The average Bonchev–Trinajstić information content (AvgIpc) is 3.92. The molecule has 0 aliphatic rings. The lowest BCUT2D eigenvalue weighted by Crippen LogP contribution is -2.47. The van der Waals surface area contributed by atoms with Crippen LogP contribution in [-0.4, -0.2) is 125 Å². The zero-order valence-electron chi connectivity index (χ0n) is 39.7. The molecule has 0 aliphatic carbocycles. The van der Waals surface area contributed by atoms with Gasteiger partial charge in [-0.05, 0) is 49.9 Å².